The van der Waals surface area contributed by atoms with E-state index < -0.39 is 0 Å². The molecule has 0 aliphatic carbocycles. The summed E-state index contributed by atoms with van der Waals surface area (Å²) in [6.07, 6.45) is 0.468. The maximum atomic E-state index is 12.3. The lowest BCUT2D eigenvalue weighted by molar-refractivity contribution is -0.116. The predicted octanol–water partition coefficient (Wildman–Crippen LogP) is 3.74. The highest BCUT2D eigenvalue weighted by molar-refractivity contribution is 6.31. The first-order valence-electron chi connectivity index (χ1n) is 7.94. The van der Waals surface area contributed by atoms with Crippen molar-refractivity contribution in [1.82, 2.24) is 0 Å². The molecule has 0 saturated carbocycles. The number of ketones is 1. The number of aryl methyl sites for hydroxylation is 1. The van der Waals surface area contributed by atoms with Gasteiger partial charge in [-0.3, -0.25) is 14.4 Å². The monoisotopic (exact) mass is 356 g/mol. The average molecular weight is 357 g/mol. The Labute approximate surface area is 150 Å². The largest absolute Gasteiger partial charge is 0.326 e. The number of halogens is 1. The van der Waals surface area contributed by atoms with Crippen LogP contribution in [0.25, 0.3) is 0 Å². The Morgan fingerprint density at radius 3 is 2.76 bits per heavy atom. The topological polar surface area (TPSA) is 75.3 Å². The maximum absolute atomic E-state index is 12.3. The number of benzene rings is 2. The van der Waals surface area contributed by atoms with Gasteiger partial charge in [-0.15, -0.1) is 0 Å². The second-order valence-corrected chi connectivity index (χ2v) is 6.46. The zero-order valence-electron chi connectivity index (χ0n) is 13.7. The fraction of sp³-hybridized carbons (Fsp3) is 0.211. The molecule has 1 heterocycles. The highest BCUT2D eigenvalue weighted by Gasteiger charge is 2.19. The Morgan fingerprint density at radius 1 is 1.16 bits per heavy atom. The van der Waals surface area contributed by atoms with Crippen molar-refractivity contribution in [3.63, 3.8) is 0 Å². The smallest absolute Gasteiger partial charge is 0.228 e. The Morgan fingerprint density at radius 2 is 1.96 bits per heavy atom. The number of hydrogen-bond donors (Lipinski definition) is 2. The number of rotatable bonds is 5. The molecule has 6 heteroatoms. The zero-order valence-corrected chi connectivity index (χ0v) is 14.4. The van der Waals surface area contributed by atoms with Crippen molar-refractivity contribution in [2.45, 2.75) is 26.2 Å². The number of Topliss-reactive ketones (excluding diaryl/α,β-unsaturated/α-hetero) is 1. The van der Waals surface area contributed by atoms with Crippen LogP contribution in [0.1, 0.15) is 34.3 Å². The third-order valence-corrected chi connectivity index (χ3v) is 4.34. The van der Waals surface area contributed by atoms with Crippen LogP contribution < -0.4 is 10.6 Å². The summed E-state index contributed by atoms with van der Waals surface area (Å²) in [6, 6.07) is 10.4. The fourth-order valence-corrected chi connectivity index (χ4v) is 2.89. The van der Waals surface area contributed by atoms with Crippen LogP contribution in [0.3, 0.4) is 0 Å². The molecule has 2 amide bonds. The molecule has 0 unspecified atom stereocenters. The summed E-state index contributed by atoms with van der Waals surface area (Å²) in [4.78, 5) is 35.7. The molecule has 0 fully saturated rings. The normalized spacial score (nSPS) is 12.5. The summed E-state index contributed by atoms with van der Waals surface area (Å²) in [5.74, 6) is -0.437. The molecule has 2 N–H and O–H groups in total. The van der Waals surface area contributed by atoms with E-state index in [9.17, 15) is 14.4 Å². The van der Waals surface area contributed by atoms with Crippen molar-refractivity contribution in [2.24, 2.45) is 0 Å². The first-order valence-corrected chi connectivity index (χ1v) is 8.32. The van der Waals surface area contributed by atoms with Gasteiger partial charge in [0.2, 0.25) is 11.8 Å². The quantitative estimate of drug-likeness (QED) is 0.801. The van der Waals surface area contributed by atoms with E-state index in [0.29, 0.717) is 16.3 Å². The molecule has 0 aromatic heterocycles. The summed E-state index contributed by atoms with van der Waals surface area (Å²) < 4.78 is 0. The molecular formula is C19H17ClN2O3. The molecule has 128 valence electrons. The molecule has 0 bridgehead atoms. The lowest BCUT2D eigenvalue weighted by Crippen LogP contribution is -2.14. The second-order valence-electron chi connectivity index (χ2n) is 6.03. The third kappa shape index (κ3) is 4.06. The van der Waals surface area contributed by atoms with Gasteiger partial charge in [0.1, 0.15) is 0 Å². The molecule has 0 atom stereocenters. The number of carbonyl (C=O) groups is 3. The van der Waals surface area contributed by atoms with Crippen molar-refractivity contribution in [2.75, 3.05) is 10.6 Å². The van der Waals surface area contributed by atoms with E-state index in [1.165, 1.54) is 0 Å². The Kier molecular flexibility index (Phi) is 4.86. The number of nitrogens with one attached hydrogen (secondary N) is 2. The van der Waals surface area contributed by atoms with Crippen molar-refractivity contribution in [1.29, 1.82) is 0 Å². The molecule has 25 heavy (non-hydrogen) atoms. The number of hydrogen-bond acceptors (Lipinski definition) is 3. The van der Waals surface area contributed by atoms with E-state index in [2.05, 4.69) is 10.6 Å². The molecule has 1 aliphatic heterocycles. The fourth-order valence-electron chi connectivity index (χ4n) is 2.72. The molecule has 1 aliphatic rings. The number of anilines is 2. The Balaban J connectivity index is 1.59. The van der Waals surface area contributed by atoms with Crippen LogP contribution in [0.2, 0.25) is 5.02 Å². The molecular weight excluding hydrogens is 340 g/mol. The van der Waals surface area contributed by atoms with Crippen LogP contribution in [0.4, 0.5) is 11.4 Å². The van der Waals surface area contributed by atoms with Crippen molar-refractivity contribution < 1.29 is 14.4 Å². The van der Waals surface area contributed by atoms with Gasteiger partial charge in [-0.1, -0.05) is 17.7 Å². The van der Waals surface area contributed by atoms with Gasteiger partial charge in [0.25, 0.3) is 0 Å². The first-order chi connectivity index (χ1) is 11.9. The lowest BCUT2D eigenvalue weighted by Gasteiger charge is -2.09. The Bertz CT molecular complexity index is 877. The standard InChI is InChI=1S/C19H17ClN2O3/c1-11-2-4-14(20)10-16(11)22-18(24)7-6-17(23)12-3-5-15-13(8-12)9-19(25)21-15/h2-5,8,10H,6-7,9H2,1H3,(H,21,25)(H,22,24). The van der Waals surface area contributed by atoms with Gasteiger partial charge < -0.3 is 10.6 Å². The summed E-state index contributed by atoms with van der Waals surface area (Å²) in [7, 11) is 0. The van der Waals surface area contributed by atoms with E-state index in [4.69, 9.17) is 11.6 Å². The van der Waals surface area contributed by atoms with Gasteiger partial charge in [-0.05, 0) is 48.4 Å². The number of carbonyl (C=O) groups excluding carboxylic acids is 3. The zero-order chi connectivity index (χ0) is 18.0. The molecule has 3 rings (SSSR count). The van der Waals surface area contributed by atoms with Gasteiger partial charge in [0.05, 0.1) is 6.42 Å². The molecule has 2 aromatic rings. The van der Waals surface area contributed by atoms with Crippen LogP contribution in [0, 0.1) is 6.92 Å². The number of amides is 2. The van der Waals surface area contributed by atoms with Gasteiger partial charge in [0, 0.05) is 34.8 Å². The second kappa shape index (κ2) is 7.07. The summed E-state index contributed by atoms with van der Waals surface area (Å²) in [5, 5.41) is 6.04. The van der Waals surface area contributed by atoms with E-state index >= 15 is 0 Å². The summed E-state index contributed by atoms with van der Waals surface area (Å²) in [5.41, 5.74) is 3.62. The highest BCUT2D eigenvalue weighted by atomic mass is 35.5. The summed E-state index contributed by atoms with van der Waals surface area (Å²) in [6.45, 7) is 1.87. The van der Waals surface area contributed by atoms with Gasteiger partial charge >= 0.3 is 0 Å². The predicted molar refractivity (Wildman–Crippen MR) is 97.2 cm³/mol. The lowest BCUT2D eigenvalue weighted by atomic mass is 10.0. The van der Waals surface area contributed by atoms with Crippen molar-refractivity contribution in [3.8, 4) is 0 Å². The summed E-state index contributed by atoms with van der Waals surface area (Å²) >= 11 is 5.93. The van der Waals surface area contributed by atoms with Gasteiger partial charge in [-0.2, -0.15) is 0 Å². The van der Waals surface area contributed by atoms with Crippen LogP contribution in [-0.4, -0.2) is 17.6 Å². The van der Waals surface area contributed by atoms with Crippen LogP contribution in [-0.2, 0) is 16.0 Å². The maximum Gasteiger partial charge on any atom is 0.228 e. The van der Waals surface area contributed by atoms with Crippen LogP contribution in [0.15, 0.2) is 36.4 Å². The number of fused-ring (bicyclic) bond motifs is 1. The molecule has 5 nitrogen and oxygen atoms in total. The minimum Gasteiger partial charge on any atom is -0.326 e. The molecule has 0 spiro atoms. The van der Waals surface area contributed by atoms with E-state index in [-0.39, 0.29) is 36.9 Å². The van der Waals surface area contributed by atoms with E-state index in [1.807, 2.05) is 13.0 Å². The molecule has 0 radical (unpaired) electrons. The first kappa shape index (κ1) is 17.2. The van der Waals surface area contributed by atoms with Crippen molar-refractivity contribution in [3.05, 3.63) is 58.1 Å². The van der Waals surface area contributed by atoms with E-state index in [0.717, 1.165) is 16.8 Å². The van der Waals surface area contributed by atoms with Crippen LogP contribution >= 0.6 is 11.6 Å². The minimum absolute atomic E-state index is 0.0733. The molecule has 0 saturated heterocycles. The van der Waals surface area contributed by atoms with Gasteiger partial charge in [0.15, 0.2) is 5.78 Å². The van der Waals surface area contributed by atoms with Crippen LogP contribution in [0.5, 0.6) is 0 Å². The van der Waals surface area contributed by atoms with Crippen molar-refractivity contribution >= 4 is 40.6 Å². The third-order valence-electron chi connectivity index (χ3n) is 4.11. The SMILES string of the molecule is Cc1ccc(Cl)cc1NC(=O)CCC(=O)c1ccc2c(c1)CC(=O)N2. The average Bonchev–Trinajstić information content (AvgIpc) is 2.95. The van der Waals surface area contributed by atoms with Gasteiger partial charge in [-0.25, -0.2) is 0 Å². The molecule has 2 aromatic carbocycles. The van der Waals surface area contributed by atoms with E-state index in [1.54, 1.807) is 30.3 Å². The highest BCUT2D eigenvalue weighted by Crippen LogP contribution is 2.25. The minimum atomic E-state index is -0.239. The Hall–Kier alpha value is -2.66.